The molecule has 0 aliphatic carbocycles. The first kappa shape index (κ1) is 20.9. The number of rotatable bonds is 5. The van der Waals surface area contributed by atoms with Crippen LogP contribution in [0.15, 0.2) is 96.4 Å². The van der Waals surface area contributed by atoms with Gasteiger partial charge in [0.25, 0.3) is 5.56 Å². The molecule has 0 fully saturated rings. The van der Waals surface area contributed by atoms with Crippen molar-refractivity contribution in [3.8, 4) is 16.8 Å². The summed E-state index contributed by atoms with van der Waals surface area (Å²) < 4.78 is 5.26. The lowest BCUT2D eigenvalue weighted by Gasteiger charge is -2.22. The van der Waals surface area contributed by atoms with Crippen LogP contribution in [0, 0.1) is 0 Å². The molecule has 1 atom stereocenters. The average molecular weight is 462 g/mol. The largest absolute Gasteiger partial charge is 0.374 e. The molecule has 6 rings (SSSR count). The van der Waals surface area contributed by atoms with Gasteiger partial charge in [0.2, 0.25) is 0 Å². The van der Waals surface area contributed by atoms with Crippen LogP contribution in [0.25, 0.3) is 33.2 Å². The number of nitrogens with one attached hydrogen (secondary N) is 1. The third-order valence-corrected chi connectivity index (χ3v) is 6.22. The van der Waals surface area contributed by atoms with Gasteiger partial charge in [-0.1, -0.05) is 36.4 Å². The first-order valence-corrected chi connectivity index (χ1v) is 11.4. The second kappa shape index (κ2) is 8.25. The molecular weight excluding hydrogens is 438 g/mol. The molecule has 0 spiro atoms. The van der Waals surface area contributed by atoms with Gasteiger partial charge in [0.15, 0.2) is 5.65 Å². The molecule has 0 amide bonds. The van der Waals surface area contributed by atoms with Crippen molar-refractivity contribution in [3.63, 3.8) is 0 Å². The van der Waals surface area contributed by atoms with Crippen LogP contribution in [0.4, 0.5) is 5.69 Å². The average Bonchev–Trinajstić information content (AvgIpc) is 3.53. The number of nitrogens with zero attached hydrogens (tertiary/aromatic N) is 6. The monoisotopic (exact) mass is 461 g/mol. The highest BCUT2D eigenvalue weighted by atomic mass is 16.1. The van der Waals surface area contributed by atoms with E-state index in [2.05, 4.69) is 26.6 Å². The Morgan fingerprint density at radius 1 is 0.971 bits per heavy atom. The van der Waals surface area contributed by atoms with Gasteiger partial charge in [0, 0.05) is 42.6 Å². The first-order chi connectivity index (χ1) is 17.1. The molecule has 0 bridgehead atoms. The summed E-state index contributed by atoms with van der Waals surface area (Å²) in [5.74, 6) is 0. The van der Waals surface area contributed by atoms with Gasteiger partial charge in [-0.2, -0.15) is 10.2 Å². The van der Waals surface area contributed by atoms with E-state index in [1.807, 2.05) is 74.8 Å². The number of pyridine rings is 1. The third kappa shape index (κ3) is 3.56. The zero-order chi connectivity index (χ0) is 23.9. The van der Waals surface area contributed by atoms with E-state index < -0.39 is 0 Å². The summed E-state index contributed by atoms with van der Waals surface area (Å²) in [5, 5.41) is 13.7. The molecule has 0 radical (unpaired) electrons. The number of hydrogen-bond donors (Lipinski definition) is 1. The van der Waals surface area contributed by atoms with Crippen LogP contribution in [0.2, 0.25) is 0 Å². The van der Waals surface area contributed by atoms with Crippen LogP contribution < -0.4 is 10.9 Å². The van der Waals surface area contributed by atoms with Gasteiger partial charge in [-0.05, 0) is 42.1 Å². The zero-order valence-corrected chi connectivity index (χ0v) is 19.3. The fraction of sp³-hybridized carbons (Fsp3) is 0.111. The molecule has 4 heterocycles. The summed E-state index contributed by atoms with van der Waals surface area (Å²) in [5.41, 5.74) is 4.93. The van der Waals surface area contributed by atoms with Crippen molar-refractivity contribution < 1.29 is 0 Å². The number of para-hydroxylation sites is 1. The van der Waals surface area contributed by atoms with Crippen molar-refractivity contribution in [2.75, 3.05) is 5.32 Å². The van der Waals surface area contributed by atoms with E-state index in [0.717, 1.165) is 39.2 Å². The van der Waals surface area contributed by atoms with Gasteiger partial charge in [-0.25, -0.2) is 9.50 Å². The minimum Gasteiger partial charge on any atom is -0.374 e. The topological polar surface area (TPSA) is 82.0 Å². The fourth-order valence-corrected chi connectivity index (χ4v) is 4.60. The van der Waals surface area contributed by atoms with E-state index in [9.17, 15) is 4.79 Å². The van der Waals surface area contributed by atoms with Crippen LogP contribution in [-0.4, -0.2) is 28.9 Å². The molecule has 172 valence electrons. The molecular formula is C27H23N7O. The molecule has 8 nitrogen and oxygen atoms in total. The normalized spacial score (nSPS) is 12.3. The van der Waals surface area contributed by atoms with Crippen molar-refractivity contribution in [2.45, 2.75) is 13.0 Å². The van der Waals surface area contributed by atoms with Crippen molar-refractivity contribution in [1.82, 2.24) is 28.9 Å². The molecule has 0 aliphatic heterocycles. The Morgan fingerprint density at radius 2 is 1.83 bits per heavy atom. The standard InChI is InChI=1S/C27H23N7O/c1-18(31-23-11-12-29-33-14-13-28-26(23)33)24-15-19-7-6-10-22(20-16-30-32(2)17-20)25(19)27(35)34(24)21-8-4-3-5-9-21/h3-18,31H,1-2H3/t18-/m0/s1. The maximum absolute atomic E-state index is 14.2. The maximum atomic E-state index is 14.2. The van der Waals surface area contributed by atoms with Crippen LogP contribution in [-0.2, 0) is 7.05 Å². The Balaban J connectivity index is 1.57. The minimum atomic E-state index is -0.197. The summed E-state index contributed by atoms with van der Waals surface area (Å²) in [4.78, 5) is 18.6. The molecule has 4 aromatic heterocycles. The highest BCUT2D eigenvalue weighted by Gasteiger charge is 2.20. The van der Waals surface area contributed by atoms with Gasteiger partial charge in [0.1, 0.15) is 0 Å². The smallest absolute Gasteiger partial charge is 0.263 e. The Morgan fingerprint density at radius 3 is 2.63 bits per heavy atom. The number of hydrogen-bond acceptors (Lipinski definition) is 5. The molecule has 0 unspecified atom stereocenters. The summed E-state index contributed by atoms with van der Waals surface area (Å²) in [6.07, 6.45) is 8.97. The molecule has 0 aliphatic rings. The van der Waals surface area contributed by atoms with Crippen LogP contribution in [0.1, 0.15) is 18.7 Å². The van der Waals surface area contributed by atoms with Gasteiger partial charge in [-0.3, -0.25) is 14.0 Å². The molecule has 0 saturated heterocycles. The maximum Gasteiger partial charge on any atom is 0.263 e. The highest BCUT2D eigenvalue weighted by Crippen LogP contribution is 2.30. The fourth-order valence-electron chi connectivity index (χ4n) is 4.60. The second-order valence-corrected chi connectivity index (χ2v) is 8.52. The van der Waals surface area contributed by atoms with E-state index in [4.69, 9.17) is 0 Å². The Kier molecular flexibility index (Phi) is 4.92. The van der Waals surface area contributed by atoms with Crippen LogP contribution in [0.3, 0.4) is 0 Å². The van der Waals surface area contributed by atoms with Crippen molar-refractivity contribution in [1.29, 1.82) is 0 Å². The van der Waals surface area contributed by atoms with E-state index in [1.165, 1.54) is 0 Å². The van der Waals surface area contributed by atoms with E-state index in [0.29, 0.717) is 5.39 Å². The number of aryl methyl sites for hydroxylation is 1. The third-order valence-electron chi connectivity index (χ3n) is 6.22. The van der Waals surface area contributed by atoms with E-state index in [1.54, 1.807) is 38.6 Å². The minimum absolute atomic E-state index is 0.0718. The summed E-state index contributed by atoms with van der Waals surface area (Å²) in [6, 6.07) is 19.5. The lowest BCUT2D eigenvalue weighted by atomic mass is 9.99. The first-order valence-electron chi connectivity index (χ1n) is 11.4. The SMILES string of the molecule is C[C@H](Nc1ccnn2ccnc12)c1cc2cccc(-c3cnn(C)c3)c2c(=O)n1-c1ccccc1. The van der Waals surface area contributed by atoms with Gasteiger partial charge in [0.05, 0.1) is 29.5 Å². The Labute approximate surface area is 201 Å². The number of anilines is 1. The molecule has 35 heavy (non-hydrogen) atoms. The number of aromatic nitrogens is 6. The van der Waals surface area contributed by atoms with Gasteiger partial charge >= 0.3 is 0 Å². The molecule has 0 saturated carbocycles. The van der Waals surface area contributed by atoms with Gasteiger partial charge < -0.3 is 5.32 Å². The highest BCUT2D eigenvalue weighted by molar-refractivity contribution is 5.96. The molecule has 6 aromatic rings. The van der Waals surface area contributed by atoms with Crippen molar-refractivity contribution >= 4 is 22.1 Å². The van der Waals surface area contributed by atoms with E-state index >= 15 is 0 Å². The quantitative estimate of drug-likeness (QED) is 0.406. The van der Waals surface area contributed by atoms with Crippen LogP contribution in [0.5, 0.6) is 0 Å². The van der Waals surface area contributed by atoms with Gasteiger partial charge in [-0.15, -0.1) is 0 Å². The predicted molar refractivity (Wildman–Crippen MR) is 137 cm³/mol. The van der Waals surface area contributed by atoms with Crippen molar-refractivity contribution in [2.24, 2.45) is 7.05 Å². The Hall–Kier alpha value is -4.72. The molecule has 2 aromatic carbocycles. The second-order valence-electron chi connectivity index (χ2n) is 8.52. The zero-order valence-electron chi connectivity index (χ0n) is 19.3. The lowest BCUT2D eigenvalue weighted by molar-refractivity contribution is 0.768. The van der Waals surface area contributed by atoms with Crippen molar-refractivity contribution in [3.05, 3.63) is 108 Å². The molecule has 8 heteroatoms. The summed E-state index contributed by atoms with van der Waals surface area (Å²) >= 11 is 0. The Bertz CT molecular complexity index is 1730. The number of benzene rings is 2. The van der Waals surface area contributed by atoms with E-state index in [-0.39, 0.29) is 11.6 Å². The summed E-state index contributed by atoms with van der Waals surface area (Å²) in [6.45, 7) is 2.05. The number of fused-ring (bicyclic) bond motifs is 2. The van der Waals surface area contributed by atoms with Crippen LogP contribution >= 0.6 is 0 Å². The number of imidazole rings is 1. The summed E-state index contributed by atoms with van der Waals surface area (Å²) in [7, 11) is 1.87. The predicted octanol–water partition coefficient (Wildman–Crippen LogP) is 4.61. The molecule has 1 N–H and O–H groups in total. The lowest BCUT2D eigenvalue weighted by Crippen LogP contribution is -2.26.